The third-order valence-corrected chi connectivity index (χ3v) is 3.03. The van der Waals surface area contributed by atoms with Gasteiger partial charge in [0.25, 0.3) is 0 Å². The molecule has 1 amide bonds. The maximum absolute atomic E-state index is 12.8. The summed E-state index contributed by atoms with van der Waals surface area (Å²) in [5.41, 5.74) is 2.65. The minimum absolute atomic E-state index is 0.138. The van der Waals surface area contributed by atoms with E-state index in [1.807, 2.05) is 0 Å². The molecule has 1 aliphatic heterocycles. The first-order valence-electron chi connectivity index (χ1n) is 4.89. The third-order valence-electron chi connectivity index (χ3n) is 2.60. The van der Waals surface area contributed by atoms with Gasteiger partial charge in [0, 0.05) is 6.20 Å². The Morgan fingerprint density at radius 2 is 2.12 bits per heavy atom. The quantitative estimate of drug-likeness (QED) is 0.798. The summed E-state index contributed by atoms with van der Waals surface area (Å²) in [6.07, 6.45) is 1.89. The topological polar surface area (TPSA) is 52.6 Å². The number of rotatable bonds is 2. The van der Waals surface area contributed by atoms with Crippen LogP contribution < -0.4 is 5.43 Å². The van der Waals surface area contributed by atoms with Gasteiger partial charge in [-0.25, -0.2) is 19.6 Å². The van der Waals surface area contributed by atoms with E-state index < -0.39 is 11.6 Å². The lowest BCUT2D eigenvalue weighted by atomic mass is 9.93. The molecule has 2 N–H and O–H groups in total. The van der Waals surface area contributed by atoms with Crippen molar-refractivity contribution in [3.8, 4) is 0 Å². The Kier molecular flexibility index (Phi) is 3.04. The molecule has 1 aliphatic rings. The summed E-state index contributed by atoms with van der Waals surface area (Å²) >= 11 is 5.88. The Balaban J connectivity index is 2.31. The van der Waals surface area contributed by atoms with Crippen molar-refractivity contribution in [1.82, 2.24) is 10.4 Å². The molecule has 1 atom stereocenters. The van der Waals surface area contributed by atoms with Gasteiger partial charge in [-0.3, -0.25) is 0 Å². The monoisotopic (exact) mass is 256 g/mol. The van der Waals surface area contributed by atoms with Gasteiger partial charge in [0.15, 0.2) is 0 Å². The maximum atomic E-state index is 12.8. The molecule has 0 saturated carbocycles. The van der Waals surface area contributed by atoms with Gasteiger partial charge >= 0.3 is 6.09 Å². The molecular weight excluding hydrogens is 247 g/mol. The van der Waals surface area contributed by atoms with Crippen molar-refractivity contribution >= 4 is 17.7 Å². The number of alkyl halides is 1. The van der Waals surface area contributed by atoms with Gasteiger partial charge in [-0.1, -0.05) is 12.1 Å². The van der Waals surface area contributed by atoms with Gasteiger partial charge in [-0.2, -0.15) is 0 Å². The second-order valence-electron chi connectivity index (χ2n) is 3.69. The van der Waals surface area contributed by atoms with Crippen molar-refractivity contribution in [2.75, 3.05) is 5.88 Å². The van der Waals surface area contributed by atoms with E-state index in [1.54, 1.807) is 18.2 Å². The minimum Gasteiger partial charge on any atom is -0.464 e. The van der Waals surface area contributed by atoms with Crippen molar-refractivity contribution in [3.63, 3.8) is 0 Å². The first kappa shape index (κ1) is 11.9. The molecular formula is C11H10ClFN2O2. The summed E-state index contributed by atoms with van der Waals surface area (Å²) in [4.78, 5) is 10.8. The fourth-order valence-corrected chi connectivity index (χ4v) is 1.97. The predicted octanol–water partition coefficient (Wildman–Crippen LogP) is 2.27. The summed E-state index contributed by atoms with van der Waals surface area (Å²) in [6.45, 7) is 0. The highest BCUT2D eigenvalue weighted by atomic mass is 35.5. The van der Waals surface area contributed by atoms with Crippen molar-refractivity contribution < 1.29 is 14.3 Å². The van der Waals surface area contributed by atoms with E-state index in [1.165, 1.54) is 18.3 Å². The van der Waals surface area contributed by atoms with E-state index in [0.29, 0.717) is 5.56 Å². The lowest BCUT2D eigenvalue weighted by molar-refractivity contribution is 0.138. The first-order chi connectivity index (χ1) is 8.07. The molecule has 90 valence electrons. The molecule has 0 radical (unpaired) electrons. The average molecular weight is 257 g/mol. The molecule has 0 saturated heterocycles. The molecule has 17 heavy (non-hydrogen) atoms. The van der Waals surface area contributed by atoms with Crippen LogP contribution in [-0.2, 0) is 5.54 Å². The zero-order valence-electron chi connectivity index (χ0n) is 8.73. The molecule has 1 aromatic carbocycles. The van der Waals surface area contributed by atoms with Gasteiger partial charge in [-0.05, 0) is 23.8 Å². The number of halogens is 2. The van der Waals surface area contributed by atoms with Crippen LogP contribution in [0.2, 0.25) is 0 Å². The van der Waals surface area contributed by atoms with Crippen molar-refractivity contribution in [2.24, 2.45) is 0 Å². The van der Waals surface area contributed by atoms with Gasteiger partial charge in [0.2, 0.25) is 0 Å². The number of nitrogens with zero attached hydrogens (tertiary/aromatic N) is 1. The Morgan fingerprint density at radius 1 is 1.47 bits per heavy atom. The average Bonchev–Trinajstić information content (AvgIpc) is 2.76. The smallest absolute Gasteiger partial charge is 0.426 e. The predicted molar refractivity (Wildman–Crippen MR) is 60.9 cm³/mol. The maximum Gasteiger partial charge on any atom is 0.426 e. The van der Waals surface area contributed by atoms with Crippen molar-refractivity contribution in [3.05, 3.63) is 47.9 Å². The molecule has 4 nitrogen and oxygen atoms in total. The number of carbonyl (C=O) groups is 1. The largest absolute Gasteiger partial charge is 0.464 e. The van der Waals surface area contributed by atoms with Crippen LogP contribution in [0.4, 0.5) is 9.18 Å². The highest BCUT2D eigenvalue weighted by molar-refractivity contribution is 6.18. The number of hydrazine groups is 1. The van der Waals surface area contributed by atoms with E-state index in [0.717, 1.165) is 5.01 Å². The molecule has 6 heteroatoms. The Morgan fingerprint density at radius 3 is 2.59 bits per heavy atom. The Bertz CT molecular complexity index is 463. The van der Waals surface area contributed by atoms with Gasteiger partial charge < -0.3 is 5.11 Å². The Hall–Kier alpha value is -1.59. The molecule has 1 unspecified atom stereocenters. The van der Waals surface area contributed by atoms with Crippen molar-refractivity contribution in [1.29, 1.82) is 0 Å². The summed E-state index contributed by atoms with van der Waals surface area (Å²) in [7, 11) is 0. The van der Waals surface area contributed by atoms with Gasteiger partial charge in [0.05, 0.1) is 11.4 Å². The van der Waals surface area contributed by atoms with Gasteiger partial charge in [0.1, 0.15) is 5.82 Å². The van der Waals surface area contributed by atoms with Crippen LogP contribution in [0.5, 0.6) is 0 Å². The van der Waals surface area contributed by atoms with Crippen LogP contribution in [-0.4, -0.2) is 22.1 Å². The Labute approximate surface area is 102 Å². The highest BCUT2D eigenvalue weighted by Gasteiger charge is 2.36. The molecule has 0 fully saturated rings. The number of hydrogen-bond donors (Lipinski definition) is 2. The van der Waals surface area contributed by atoms with Crippen LogP contribution in [0.15, 0.2) is 36.5 Å². The molecule has 2 rings (SSSR count). The highest BCUT2D eigenvalue weighted by Crippen LogP contribution is 2.29. The number of benzene rings is 1. The fourth-order valence-electron chi connectivity index (χ4n) is 1.66. The van der Waals surface area contributed by atoms with E-state index >= 15 is 0 Å². The van der Waals surface area contributed by atoms with Crippen LogP contribution in [0.1, 0.15) is 5.56 Å². The normalized spacial score (nSPS) is 23.1. The first-order valence-corrected chi connectivity index (χ1v) is 5.42. The van der Waals surface area contributed by atoms with E-state index in [-0.39, 0.29) is 11.7 Å². The number of amides is 1. The van der Waals surface area contributed by atoms with E-state index in [4.69, 9.17) is 16.7 Å². The van der Waals surface area contributed by atoms with Crippen LogP contribution in [0, 0.1) is 5.82 Å². The summed E-state index contributed by atoms with van der Waals surface area (Å²) in [5.74, 6) is -0.214. The molecule has 1 heterocycles. The zero-order valence-corrected chi connectivity index (χ0v) is 9.49. The molecule has 0 bridgehead atoms. The SMILES string of the molecule is O=C(O)N1C=CC(CCl)(c2ccc(F)cc2)N1. The minimum atomic E-state index is -1.13. The third kappa shape index (κ3) is 2.11. The fraction of sp³-hybridized carbons (Fsp3) is 0.182. The van der Waals surface area contributed by atoms with E-state index in [9.17, 15) is 9.18 Å². The zero-order chi connectivity index (χ0) is 12.5. The van der Waals surface area contributed by atoms with Crippen LogP contribution in [0.3, 0.4) is 0 Å². The second kappa shape index (κ2) is 4.35. The lowest BCUT2D eigenvalue weighted by Gasteiger charge is -2.27. The molecule has 0 aliphatic carbocycles. The van der Waals surface area contributed by atoms with Crippen LogP contribution in [0.25, 0.3) is 0 Å². The number of hydrogen-bond acceptors (Lipinski definition) is 2. The molecule has 0 spiro atoms. The summed E-state index contributed by atoms with van der Waals surface area (Å²) in [5, 5.41) is 9.76. The molecule has 0 aromatic heterocycles. The lowest BCUT2D eigenvalue weighted by Crippen LogP contribution is -2.47. The summed E-state index contributed by atoms with van der Waals surface area (Å²) < 4.78 is 12.8. The number of nitrogens with one attached hydrogen (secondary N) is 1. The standard InChI is InChI=1S/C11H10ClFN2O2/c12-7-11(5-6-15(14-11)10(16)17)8-1-3-9(13)4-2-8/h1-6,14H,7H2,(H,16,17). The van der Waals surface area contributed by atoms with Crippen LogP contribution >= 0.6 is 11.6 Å². The summed E-state index contributed by atoms with van der Waals surface area (Å²) in [6, 6.07) is 5.76. The van der Waals surface area contributed by atoms with Crippen molar-refractivity contribution in [2.45, 2.75) is 5.54 Å². The van der Waals surface area contributed by atoms with E-state index in [2.05, 4.69) is 5.43 Å². The van der Waals surface area contributed by atoms with Gasteiger partial charge in [-0.15, -0.1) is 11.6 Å². The molecule has 1 aromatic rings. The second-order valence-corrected chi connectivity index (χ2v) is 3.96. The number of carboxylic acid groups (broad SMARTS) is 1.